The number of aromatic nitrogens is 7. The maximum Gasteiger partial charge on any atom is 0.226 e. The average Bonchev–Trinajstić information content (AvgIpc) is 3.40. The summed E-state index contributed by atoms with van der Waals surface area (Å²) in [7, 11) is 0. The van der Waals surface area contributed by atoms with Crippen LogP contribution >= 0.6 is 11.6 Å². The number of hydrogen-bond acceptors (Lipinski definition) is 6. The lowest BCUT2D eigenvalue weighted by molar-refractivity contribution is 0.519. The molecule has 3 rings (SSSR count). The first-order valence-electron chi connectivity index (χ1n) is 10.5. The first kappa shape index (κ1) is 22.7. The average molecular weight is 441 g/mol. The second kappa shape index (κ2) is 10.3. The Morgan fingerprint density at radius 2 is 1.94 bits per heavy atom. The minimum absolute atomic E-state index is 0.318. The molecular formula is C22H29ClN8. The van der Waals surface area contributed by atoms with Crippen LogP contribution in [0.3, 0.4) is 0 Å². The third kappa shape index (κ3) is 5.38. The lowest BCUT2D eigenvalue weighted by Gasteiger charge is -2.20. The van der Waals surface area contributed by atoms with Crippen molar-refractivity contribution in [2.75, 3.05) is 18.0 Å². The van der Waals surface area contributed by atoms with E-state index in [1.54, 1.807) is 10.8 Å². The molecule has 0 amide bonds. The largest absolute Gasteiger partial charge is 0.341 e. The molecule has 8 nitrogen and oxygen atoms in total. The van der Waals surface area contributed by atoms with Gasteiger partial charge in [-0.3, -0.25) is 4.68 Å². The SMILES string of the molecule is CCN(CC)c1nc(C)c(/C=C\C=C\Cl)c(-c2cn(Cc3ccn(C(C)C)n3)nn2)n1. The van der Waals surface area contributed by atoms with Crippen molar-refractivity contribution in [2.45, 2.75) is 47.2 Å². The second-order valence-corrected chi connectivity index (χ2v) is 7.66. The van der Waals surface area contributed by atoms with Gasteiger partial charge in [0.15, 0.2) is 0 Å². The van der Waals surface area contributed by atoms with Crippen molar-refractivity contribution < 1.29 is 0 Å². The Morgan fingerprint density at radius 1 is 1.16 bits per heavy atom. The predicted molar refractivity (Wildman–Crippen MR) is 125 cm³/mol. The molecule has 164 valence electrons. The molecule has 0 atom stereocenters. The van der Waals surface area contributed by atoms with Gasteiger partial charge < -0.3 is 4.90 Å². The summed E-state index contributed by atoms with van der Waals surface area (Å²) >= 11 is 5.67. The zero-order valence-corrected chi connectivity index (χ0v) is 19.5. The van der Waals surface area contributed by atoms with Crippen molar-refractivity contribution in [2.24, 2.45) is 0 Å². The van der Waals surface area contributed by atoms with Crippen LogP contribution in [0.15, 0.2) is 36.1 Å². The van der Waals surface area contributed by atoms with E-state index >= 15 is 0 Å². The van der Waals surface area contributed by atoms with Crippen LogP contribution in [0.2, 0.25) is 0 Å². The lowest BCUT2D eigenvalue weighted by atomic mass is 10.1. The van der Waals surface area contributed by atoms with Crippen molar-refractivity contribution in [1.29, 1.82) is 0 Å². The third-order valence-corrected chi connectivity index (χ3v) is 5.06. The topological polar surface area (TPSA) is 77.5 Å². The molecule has 9 heteroatoms. The van der Waals surface area contributed by atoms with Crippen molar-refractivity contribution in [3.05, 3.63) is 53.1 Å². The maximum absolute atomic E-state index is 5.67. The number of anilines is 1. The van der Waals surface area contributed by atoms with E-state index in [0.717, 1.165) is 35.7 Å². The normalized spacial score (nSPS) is 12.0. The van der Waals surface area contributed by atoms with E-state index in [-0.39, 0.29) is 0 Å². The molecule has 0 aliphatic rings. The first-order chi connectivity index (χ1) is 15.0. The Morgan fingerprint density at radius 3 is 2.58 bits per heavy atom. The van der Waals surface area contributed by atoms with Gasteiger partial charge in [-0.25, -0.2) is 14.6 Å². The summed E-state index contributed by atoms with van der Waals surface area (Å²) in [5, 5.41) is 13.3. The number of rotatable bonds is 9. The van der Waals surface area contributed by atoms with Gasteiger partial charge in [0.1, 0.15) is 11.4 Å². The van der Waals surface area contributed by atoms with Crippen molar-refractivity contribution in [3.8, 4) is 11.4 Å². The number of halogens is 1. The zero-order valence-electron chi connectivity index (χ0n) is 18.7. The Bertz CT molecular complexity index is 1060. The molecule has 0 aromatic carbocycles. The molecule has 0 radical (unpaired) electrons. The fourth-order valence-electron chi connectivity index (χ4n) is 3.20. The standard InChI is InChI=1S/C22H29ClN8/c1-6-29(7-2)22-24-17(5)19(10-8-9-12-23)21(25-22)20-15-30(28-26-20)14-18-11-13-31(27-18)16(3)4/h8-13,15-16H,6-7,14H2,1-5H3/b10-8-,12-9+. The molecule has 0 N–H and O–H groups in total. The summed E-state index contributed by atoms with van der Waals surface area (Å²) in [5.41, 5.74) is 5.59. The predicted octanol–water partition coefficient (Wildman–Crippen LogP) is 4.48. The van der Waals surface area contributed by atoms with Crippen LogP contribution in [0.25, 0.3) is 17.5 Å². The lowest BCUT2D eigenvalue weighted by Crippen LogP contribution is -2.25. The molecule has 3 heterocycles. The van der Waals surface area contributed by atoms with Gasteiger partial charge in [0.2, 0.25) is 5.95 Å². The monoisotopic (exact) mass is 440 g/mol. The fourth-order valence-corrected chi connectivity index (χ4v) is 3.29. The summed E-state index contributed by atoms with van der Waals surface area (Å²) in [6, 6.07) is 2.32. The Kier molecular flexibility index (Phi) is 7.57. The molecule has 3 aromatic heterocycles. The van der Waals surface area contributed by atoms with Crippen LogP contribution in [0.5, 0.6) is 0 Å². The van der Waals surface area contributed by atoms with Crippen molar-refractivity contribution in [3.63, 3.8) is 0 Å². The Hall–Kier alpha value is -3.00. The molecule has 0 fully saturated rings. The van der Waals surface area contributed by atoms with E-state index in [9.17, 15) is 0 Å². The Labute approximate surface area is 188 Å². The summed E-state index contributed by atoms with van der Waals surface area (Å²) in [6.07, 6.45) is 9.44. The number of nitrogens with zero attached hydrogens (tertiary/aromatic N) is 8. The van der Waals surface area contributed by atoms with Gasteiger partial charge in [0.05, 0.1) is 24.1 Å². The quantitative estimate of drug-likeness (QED) is 0.456. The van der Waals surface area contributed by atoms with E-state index in [1.807, 2.05) is 42.2 Å². The van der Waals surface area contributed by atoms with Gasteiger partial charge >= 0.3 is 0 Å². The van der Waals surface area contributed by atoms with Gasteiger partial charge in [0, 0.05) is 36.4 Å². The van der Waals surface area contributed by atoms with Gasteiger partial charge in [0.25, 0.3) is 0 Å². The van der Waals surface area contributed by atoms with Crippen LogP contribution in [-0.2, 0) is 6.54 Å². The molecule has 0 bridgehead atoms. The summed E-state index contributed by atoms with van der Waals surface area (Å²) in [4.78, 5) is 11.7. The minimum Gasteiger partial charge on any atom is -0.341 e. The molecule has 0 unspecified atom stereocenters. The van der Waals surface area contributed by atoms with Crippen molar-refractivity contribution in [1.82, 2.24) is 34.7 Å². The summed E-state index contributed by atoms with van der Waals surface area (Å²) < 4.78 is 3.72. The van der Waals surface area contributed by atoms with Gasteiger partial charge in [-0.05, 0) is 40.7 Å². The van der Waals surface area contributed by atoms with E-state index in [2.05, 4.69) is 48.0 Å². The molecular weight excluding hydrogens is 412 g/mol. The highest BCUT2D eigenvalue weighted by Crippen LogP contribution is 2.26. The van der Waals surface area contributed by atoms with Crippen molar-refractivity contribution >= 4 is 23.6 Å². The molecule has 0 spiro atoms. The molecule has 0 saturated carbocycles. The number of hydrogen-bond donors (Lipinski definition) is 0. The molecule has 3 aromatic rings. The zero-order chi connectivity index (χ0) is 22.4. The molecule has 31 heavy (non-hydrogen) atoms. The molecule has 0 saturated heterocycles. The highest BCUT2D eigenvalue weighted by Gasteiger charge is 2.17. The van der Waals surface area contributed by atoms with Crippen LogP contribution < -0.4 is 4.90 Å². The van der Waals surface area contributed by atoms with Crippen LogP contribution in [-0.4, -0.2) is 47.8 Å². The Balaban J connectivity index is 1.99. The third-order valence-electron chi connectivity index (χ3n) is 4.92. The van der Waals surface area contributed by atoms with E-state index in [1.165, 1.54) is 5.54 Å². The summed E-state index contributed by atoms with van der Waals surface area (Å²) in [5.74, 6) is 0.688. The number of allylic oxidation sites excluding steroid dienone is 2. The highest BCUT2D eigenvalue weighted by molar-refractivity contribution is 6.25. The van der Waals surface area contributed by atoms with E-state index in [0.29, 0.717) is 24.2 Å². The number of aryl methyl sites for hydroxylation is 1. The first-order valence-corrected chi connectivity index (χ1v) is 10.9. The van der Waals surface area contributed by atoms with Gasteiger partial charge in [-0.2, -0.15) is 5.10 Å². The molecule has 0 aliphatic heterocycles. The fraction of sp³-hybridized carbons (Fsp3) is 0.409. The smallest absolute Gasteiger partial charge is 0.226 e. The summed E-state index contributed by atoms with van der Waals surface area (Å²) in [6.45, 7) is 12.6. The van der Waals surface area contributed by atoms with Crippen LogP contribution in [0.1, 0.15) is 50.7 Å². The van der Waals surface area contributed by atoms with Crippen LogP contribution in [0, 0.1) is 6.92 Å². The van der Waals surface area contributed by atoms with Gasteiger partial charge in [-0.15, -0.1) is 5.10 Å². The molecule has 0 aliphatic carbocycles. The second-order valence-electron chi connectivity index (χ2n) is 7.40. The van der Waals surface area contributed by atoms with E-state index in [4.69, 9.17) is 21.6 Å². The maximum atomic E-state index is 5.67. The van der Waals surface area contributed by atoms with Gasteiger partial charge in [-0.1, -0.05) is 35.0 Å². The van der Waals surface area contributed by atoms with Crippen LogP contribution in [0.4, 0.5) is 5.95 Å². The van der Waals surface area contributed by atoms with E-state index < -0.39 is 0 Å². The highest BCUT2D eigenvalue weighted by atomic mass is 35.5. The minimum atomic E-state index is 0.318.